The molecule has 1 saturated heterocycles. The summed E-state index contributed by atoms with van der Waals surface area (Å²) in [6, 6.07) is 7.95. The molecule has 2 aromatic rings. The Bertz CT molecular complexity index is 907. The molecule has 3 rings (SSSR count). The van der Waals surface area contributed by atoms with E-state index in [1.807, 2.05) is 4.90 Å². The van der Waals surface area contributed by atoms with Gasteiger partial charge >= 0.3 is 0 Å². The van der Waals surface area contributed by atoms with Gasteiger partial charge in [0.25, 0.3) is 10.0 Å². The van der Waals surface area contributed by atoms with Crippen LogP contribution in [0.2, 0.25) is 5.02 Å². The Morgan fingerprint density at radius 2 is 1.81 bits per heavy atom. The molecule has 7 nitrogen and oxygen atoms in total. The molecule has 2 N–H and O–H groups in total. The molecule has 0 unspecified atom stereocenters. The number of ether oxygens (including phenoxy) is 1. The first-order valence-corrected chi connectivity index (χ1v) is 10.9. The van der Waals surface area contributed by atoms with Crippen molar-refractivity contribution in [2.75, 3.05) is 33.3 Å². The lowest BCUT2D eigenvalue weighted by molar-refractivity contribution is -0.124. The van der Waals surface area contributed by atoms with Gasteiger partial charge in [-0.05, 0) is 29.1 Å². The van der Waals surface area contributed by atoms with E-state index in [9.17, 15) is 13.2 Å². The van der Waals surface area contributed by atoms with Crippen molar-refractivity contribution in [2.45, 2.75) is 10.3 Å². The van der Waals surface area contributed by atoms with Crippen LogP contribution in [0, 0.1) is 0 Å². The number of nitrogens with zero attached hydrogens (tertiary/aromatic N) is 2. The Balaban J connectivity index is 1.75. The second-order valence-electron chi connectivity index (χ2n) is 6.07. The van der Waals surface area contributed by atoms with Crippen LogP contribution in [-0.4, -0.2) is 56.8 Å². The third-order valence-electron chi connectivity index (χ3n) is 4.48. The number of methoxy groups -OCH3 is 1. The zero-order chi connectivity index (χ0) is 19.6. The van der Waals surface area contributed by atoms with Crippen molar-refractivity contribution in [3.8, 4) is 5.75 Å². The van der Waals surface area contributed by atoms with Crippen molar-refractivity contribution >= 4 is 38.9 Å². The Morgan fingerprint density at radius 1 is 1.19 bits per heavy atom. The summed E-state index contributed by atoms with van der Waals surface area (Å²) in [5.41, 5.74) is 6.35. The number of halogens is 1. The fourth-order valence-electron chi connectivity index (χ4n) is 3.14. The minimum Gasteiger partial charge on any atom is -0.494 e. The van der Waals surface area contributed by atoms with Crippen molar-refractivity contribution in [3.05, 3.63) is 46.3 Å². The van der Waals surface area contributed by atoms with Crippen LogP contribution >= 0.6 is 22.9 Å². The molecule has 146 valence electrons. The molecule has 0 aliphatic carbocycles. The van der Waals surface area contributed by atoms with Gasteiger partial charge in [-0.2, -0.15) is 4.31 Å². The largest absolute Gasteiger partial charge is 0.494 e. The van der Waals surface area contributed by atoms with Gasteiger partial charge in [0, 0.05) is 31.2 Å². The first kappa shape index (κ1) is 20.1. The van der Waals surface area contributed by atoms with Crippen molar-refractivity contribution in [3.63, 3.8) is 0 Å². The summed E-state index contributed by atoms with van der Waals surface area (Å²) >= 11 is 7.04. The van der Waals surface area contributed by atoms with Gasteiger partial charge in [-0.15, -0.1) is 11.3 Å². The van der Waals surface area contributed by atoms with Gasteiger partial charge in [-0.1, -0.05) is 23.7 Å². The molecule has 0 radical (unpaired) electrons. The van der Waals surface area contributed by atoms with Gasteiger partial charge < -0.3 is 10.5 Å². The third-order valence-corrected chi connectivity index (χ3v) is 8.06. The smallest absolute Gasteiger partial charge is 0.256 e. The quantitative estimate of drug-likeness (QED) is 0.757. The molecule has 1 aromatic carbocycles. The van der Waals surface area contributed by atoms with Gasteiger partial charge in [-0.25, -0.2) is 8.42 Å². The Labute approximate surface area is 167 Å². The molecule has 1 atom stereocenters. The molecule has 1 amide bonds. The molecule has 1 aliphatic heterocycles. The highest BCUT2D eigenvalue weighted by Crippen LogP contribution is 2.33. The third kappa shape index (κ3) is 4.12. The average Bonchev–Trinajstić information content (AvgIpc) is 3.13. The van der Waals surface area contributed by atoms with Gasteiger partial charge in [-0.3, -0.25) is 9.69 Å². The van der Waals surface area contributed by atoms with E-state index in [2.05, 4.69) is 0 Å². The maximum absolute atomic E-state index is 12.9. The molecular formula is C17H20ClN3O4S2. The van der Waals surface area contributed by atoms with E-state index in [-0.39, 0.29) is 17.3 Å². The van der Waals surface area contributed by atoms with Crippen molar-refractivity contribution in [2.24, 2.45) is 5.73 Å². The van der Waals surface area contributed by atoms with Crippen LogP contribution in [0.1, 0.15) is 11.6 Å². The molecule has 27 heavy (non-hydrogen) atoms. The second kappa shape index (κ2) is 8.15. The average molecular weight is 430 g/mol. The van der Waals surface area contributed by atoms with E-state index >= 15 is 0 Å². The Hall–Kier alpha value is -1.65. The number of nitrogens with two attached hydrogens (primary N) is 1. The van der Waals surface area contributed by atoms with Crippen LogP contribution in [0.25, 0.3) is 0 Å². The number of amides is 1. The zero-order valence-electron chi connectivity index (χ0n) is 14.7. The van der Waals surface area contributed by atoms with Crippen molar-refractivity contribution in [1.29, 1.82) is 0 Å². The molecule has 1 aromatic heterocycles. The fraction of sp³-hybridized carbons (Fsp3) is 0.353. The summed E-state index contributed by atoms with van der Waals surface area (Å²) in [5.74, 6) is -0.132. The van der Waals surface area contributed by atoms with E-state index < -0.39 is 22.0 Å². The van der Waals surface area contributed by atoms with Crippen LogP contribution in [0.4, 0.5) is 0 Å². The number of carbonyl (C=O) groups is 1. The van der Waals surface area contributed by atoms with Gasteiger partial charge in [0.15, 0.2) is 4.21 Å². The molecule has 1 aliphatic rings. The van der Waals surface area contributed by atoms with Crippen LogP contribution in [0.15, 0.2) is 39.9 Å². The summed E-state index contributed by atoms with van der Waals surface area (Å²) in [6.45, 7) is 1.31. The number of piperazine rings is 1. The van der Waals surface area contributed by atoms with E-state index in [1.165, 1.54) is 11.4 Å². The first-order valence-electron chi connectivity index (χ1n) is 8.25. The van der Waals surface area contributed by atoms with E-state index in [0.29, 0.717) is 23.9 Å². The molecule has 0 spiro atoms. The maximum atomic E-state index is 12.9. The highest BCUT2D eigenvalue weighted by Gasteiger charge is 2.35. The molecule has 0 saturated carbocycles. The monoisotopic (exact) mass is 429 g/mol. The summed E-state index contributed by atoms with van der Waals surface area (Å²) in [5, 5.41) is 2.26. The van der Waals surface area contributed by atoms with Crippen LogP contribution in [0.3, 0.4) is 0 Å². The predicted octanol–water partition coefficient (Wildman–Crippen LogP) is 1.94. The van der Waals surface area contributed by atoms with E-state index in [0.717, 1.165) is 16.9 Å². The highest BCUT2D eigenvalue weighted by molar-refractivity contribution is 7.91. The van der Waals surface area contributed by atoms with Crippen LogP contribution < -0.4 is 10.5 Å². The summed E-state index contributed by atoms with van der Waals surface area (Å²) in [4.78, 5) is 13.9. The van der Waals surface area contributed by atoms with Gasteiger partial charge in [0.2, 0.25) is 5.91 Å². The minimum absolute atomic E-state index is 0.197. The maximum Gasteiger partial charge on any atom is 0.256 e. The summed E-state index contributed by atoms with van der Waals surface area (Å²) < 4.78 is 32.5. The van der Waals surface area contributed by atoms with Gasteiger partial charge in [0.05, 0.1) is 7.11 Å². The molecule has 1 fully saturated rings. The van der Waals surface area contributed by atoms with Gasteiger partial charge in [0.1, 0.15) is 11.8 Å². The Kier molecular flexibility index (Phi) is 6.07. The van der Waals surface area contributed by atoms with Crippen LogP contribution in [-0.2, 0) is 14.8 Å². The molecule has 2 heterocycles. The van der Waals surface area contributed by atoms with Crippen LogP contribution in [0.5, 0.6) is 5.75 Å². The lowest BCUT2D eigenvalue weighted by Crippen LogP contribution is -2.51. The number of hydrogen-bond acceptors (Lipinski definition) is 6. The highest BCUT2D eigenvalue weighted by atomic mass is 35.5. The lowest BCUT2D eigenvalue weighted by Gasteiger charge is -2.37. The number of rotatable bonds is 6. The normalized spacial score (nSPS) is 17.6. The molecular weight excluding hydrogens is 410 g/mol. The summed E-state index contributed by atoms with van der Waals surface area (Å²) in [6.07, 6.45) is 0. The van der Waals surface area contributed by atoms with Crippen molar-refractivity contribution < 1.29 is 17.9 Å². The van der Waals surface area contributed by atoms with Crippen molar-refractivity contribution in [1.82, 2.24) is 9.21 Å². The number of sulfonamides is 1. The number of carbonyl (C=O) groups excluding carboxylic acids is 1. The number of thiophene rings is 1. The lowest BCUT2D eigenvalue weighted by atomic mass is 10.0. The Morgan fingerprint density at radius 3 is 2.37 bits per heavy atom. The number of benzene rings is 1. The number of primary amides is 1. The predicted molar refractivity (Wildman–Crippen MR) is 105 cm³/mol. The fourth-order valence-corrected chi connectivity index (χ4v) is 6.10. The minimum atomic E-state index is -3.63. The molecule has 10 heteroatoms. The number of hydrogen-bond donors (Lipinski definition) is 1. The standard InChI is InChI=1S/C17H20ClN3O4S2/c1-25-14-6-11-26-17(14)27(23,24)21-9-7-20(8-10-21)15(16(19)22)12-2-4-13(18)5-3-12/h2-6,11,15H,7-10H2,1H3,(H2,19,22)/t15-/m0/s1. The SMILES string of the molecule is COc1ccsc1S(=O)(=O)N1CCN([C@H](C(N)=O)c2ccc(Cl)cc2)CC1. The van der Waals surface area contributed by atoms with E-state index in [4.69, 9.17) is 22.1 Å². The molecule has 0 bridgehead atoms. The zero-order valence-corrected chi connectivity index (χ0v) is 17.1. The first-order chi connectivity index (χ1) is 12.8. The summed E-state index contributed by atoms with van der Waals surface area (Å²) in [7, 11) is -2.19. The second-order valence-corrected chi connectivity index (χ2v) is 9.56. The topological polar surface area (TPSA) is 92.9 Å². The van der Waals surface area contributed by atoms with E-state index in [1.54, 1.807) is 35.7 Å².